The SMILES string of the molecule is CCCCC/C=C\C/C=C\CCCCCCCC(=O)OC[C@H](COP(=O)(O)OC[C@@H](O)COP(=O)(O)OC[C@@H](COC(=O)CCCCCCCCCCCCCCC)OC(=O)CCCCCCC/C=C\CCCCCC)OC(=O)CCCCCCC/C=C\C/C=C\CCCCC. The van der Waals surface area contributed by atoms with Crippen molar-refractivity contribution in [3.63, 3.8) is 0 Å². The molecule has 0 spiro atoms. The number of unbranched alkanes of at least 4 members (excludes halogenated alkanes) is 37. The number of phosphoric ester groups is 2. The third-order valence-electron chi connectivity index (χ3n) is 16.5. The lowest BCUT2D eigenvalue weighted by Gasteiger charge is -2.21. The van der Waals surface area contributed by atoms with E-state index in [4.69, 9.17) is 37.0 Å². The Hall–Kier alpha value is -3.24. The van der Waals surface area contributed by atoms with Gasteiger partial charge in [-0.3, -0.25) is 37.3 Å². The summed E-state index contributed by atoms with van der Waals surface area (Å²) in [5.74, 6) is -2.19. The predicted octanol–water partition coefficient (Wildman–Crippen LogP) is 21.9. The normalized spacial score (nSPS) is 14.3. The average molecular weight is 1400 g/mol. The minimum Gasteiger partial charge on any atom is -0.462 e. The van der Waals surface area contributed by atoms with Gasteiger partial charge in [-0.05, 0) is 116 Å². The fraction of sp³-hybridized carbons (Fsp3) is 0.818. The van der Waals surface area contributed by atoms with Crippen LogP contribution in [-0.4, -0.2) is 96.7 Å². The topological polar surface area (TPSA) is 237 Å². The van der Waals surface area contributed by atoms with E-state index in [0.717, 1.165) is 148 Å². The van der Waals surface area contributed by atoms with Crippen molar-refractivity contribution >= 4 is 39.5 Å². The molecule has 0 heterocycles. The molecule has 0 bridgehead atoms. The highest BCUT2D eigenvalue weighted by atomic mass is 31.2. The summed E-state index contributed by atoms with van der Waals surface area (Å²) in [5.41, 5.74) is 0. The van der Waals surface area contributed by atoms with Crippen LogP contribution in [0, 0.1) is 0 Å². The van der Waals surface area contributed by atoms with E-state index < -0.39 is 97.5 Å². The van der Waals surface area contributed by atoms with Gasteiger partial charge in [0, 0.05) is 25.7 Å². The number of hydrogen-bond acceptors (Lipinski definition) is 15. The van der Waals surface area contributed by atoms with Crippen LogP contribution in [0.2, 0.25) is 0 Å². The molecule has 0 fully saturated rings. The maximum absolute atomic E-state index is 13.1. The second kappa shape index (κ2) is 70.2. The number of allylic oxidation sites excluding steroid dienone is 10. The molecule has 2 unspecified atom stereocenters. The molecule has 0 saturated carbocycles. The van der Waals surface area contributed by atoms with Gasteiger partial charge in [-0.25, -0.2) is 9.13 Å². The third-order valence-corrected chi connectivity index (χ3v) is 18.4. The lowest BCUT2D eigenvalue weighted by Crippen LogP contribution is -2.30. The maximum Gasteiger partial charge on any atom is 0.472 e. The van der Waals surface area contributed by atoms with Gasteiger partial charge in [-0.2, -0.15) is 0 Å². The van der Waals surface area contributed by atoms with E-state index in [1.54, 1.807) is 0 Å². The number of aliphatic hydroxyl groups excluding tert-OH is 1. The summed E-state index contributed by atoms with van der Waals surface area (Å²) in [6, 6.07) is 0. The molecule has 0 rings (SSSR count). The zero-order chi connectivity index (χ0) is 70.4. The van der Waals surface area contributed by atoms with Crippen LogP contribution in [-0.2, 0) is 65.4 Å². The van der Waals surface area contributed by atoms with E-state index in [9.17, 15) is 43.2 Å². The molecule has 0 aromatic rings. The smallest absolute Gasteiger partial charge is 0.462 e. The Bertz CT molecular complexity index is 2060. The van der Waals surface area contributed by atoms with Gasteiger partial charge < -0.3 is 33.8 Å². The van der Waals surface area contributed by atoms with Crippen molar-refractivity contribution < 1.29 is 80.2 Å². The number of carbonyl (C=O) groups excluding carboxylic acids is 4. The minimum absolute atomic E-state index is 0.0791. The zero-order valence-electron chi connectivity index (χ0n) is 61.1. The quantitative estimate of drug-likeness (QED) is 0.0169. The predicted molar refractivity (Wildman–Crippen MR) is 390 cm³/mol. The lowest BCUT2D eigenvalue weighted by atomic mass is 10.0. The molecular formula is C77H140O17P2. The van der Waals surface area contributed by atoms with Crippen LogP contribution >= 0.6 is 15.6 Å². The summed E-state index contributed by atoms with van der Waals surface area (Å²) in [4.78, 5) is 72.8. The molecule has 96 heavy (non-hydrogen) atoms. The zero-order valence-corrected chi connectivity index (χ0v) is 62.8. The summed E-state index contributed by atoms with van der Waals surface area (Å²) in [7, 11) is -9.94. The second-order valence-corrected chi connectivity index (χ2v) is 28.9. The number of aliphatic hydroxyl groups is 1. The Labute approximate surface area is 584 Å². The molecule has 0 aromatic carbocycles. The molecule has 19 heteroatoms. The van der Waals surface area contributed by atoms with Crippen molar-refractivity contribution in [2.24, 2.45) is 0 Å². The van der Waals surface area contributed by atoms with Crippen LogP contribution in [0.3, 0.4) is 0 Å². The highest BCUT2D eigenvalue weighted by Gasteiger charge is 2.30. The van der Waals surface area contributed by atoms with Crippen molar-refractivity contribution in [2.45, 2.75) is 367 Å². The van der Waals surface area contributed by atoms with Gasteiger partial charge in [0.05, 0.1) is 26.4 Å². The van der Waals surface area contributed by atoms with Crippen LogP contribution in [0.15, 0.2) is 60.8 Å². The molecular weight excluding hydrogens is 1260 g/mol. The van der Waals surface area contributed by atoms with Gasteiger partial charge >= 0.3 is 39.5 Å². The Kier molecular flexibility index (Phi) is 67.8. The molecule has 0 aromatic heterocycles. The van der Waals surface area contributed by atoms with Crippen LogP contribution in [0.25, 0.3) is 0 Å². The Morgan fingerprint density at radius 1 is 0.292 bits per heavy atom. The van der Waals surface area contributed by atoms with Gasteiger partial charge in [0.25, 0.3) is 0 Å². The number of phosphoric acid groups is 2. The summed E-state index contributed by atoms with van der Waals surface area (Å²) in [6.45, 7) is 4.81. The highest BCUT2D eigenvalue weighted by molar-refractivity contribution is 7.47. The van der Waals surface area contributed by atoms with Crippen molar-refractivity contribution in [2.75, 3.05) is 39.6 Å². The van der Waals surface area contributed by atoms with Gasteiger partial charge in [0.1, 0.15) is 19.3 Å². The molecule has 0 amide bonds. The van der Waals surface area contributed by atoms with E-state index in [0.29, 0.717) is 25.7 Å². The summed E-state index contributed by atoms with van der Waals surface area (Å²) in [6.07, 6.45) is 67.7. The first-order valence-corrected chi connectivity index (χ1v) is 41.5. The summed E-state index contributed by atoms with van der Waals surface area (Å²) < 4.78 is 68.5. The second-order valence-electron chi connectivity index (χ2n) is 25.9. The van der Waals surface area contributed by atoms with Crippen molar-refractivity contribution in [1.29, 1.82) is 0 Å². The maximum atomic E-state index is 13.1. The first-order chi connectivity index (χ1) is 46.7. The van der Waals surface area contributed by atoms with Crippen LogP contribution in [0.1, 0.15) is 349 Å². The molecule has 0 aliphatic heterocycles. The minimum atomic E-state index is -4.97. The summed E-state index contributed by atoms with van der Waals surface area (Å²) >= 11 is 0. The fourth-order valence-corrected chi connectivity index (χ4v) is 12.1. The van der Waals surface area contributed by atoms with Gasteiger partial charge in [-0.15, -0.1) is 0 Å². The number of hydrogen-bond donors (Lipinski definition) is 3. The molecule has 3 N–H and O–H groups in total. The summed E-state index contributed by atoms with van der Waals surface area (Å²) in [5, 5.41) is 10.6. The molecule has 560 valence electrons. The number of rotatable bonds is 73. The van der Waals surface area contributed by atoms with Crippen molar-refractivity contribution in [3.8, 4) is 0 Å². The molecule has 0 aliphatic rings. The van der Waals surface area contributed by atoms with E-state index in [1.807, 2.05) is 0 Å². The van der Waals surface area contributed by atoms with E-state index in [-0.39, 0.29) is 25.7 Å². The van der Waals surface area contributed by atoms with Gasteiger partial charge in [0.15, 0.2) is 12.2 Å². The first kappa shape index (κ1) is 92.8. The number of ether oxygens (including phenoxy) is 4. The van der Waals surface area contributed by atoms with Gasteiger partial charge in [0.2, 0.25) is 0 Å². The Morgan fingerprint density at radius 2 is 0.510 bits per heavy atom. The fourth-order valence-electron chi connectivity index (χ4n) is 10.5. The van der Waals surface area contributed by atoms with Crippen molar-refractivity contribution in [1.82, 2.24) is 0 Å². The molecule has 5 atom stereocenters. The third kappa shape index (κ3) is 69.2. The van der Waals surface area contributed by atoms with Crippen LogP contribution < -0.4 is 0 Å². The van der Waals surface area contributed by atoms with E-state index in [2.05, 4.69) is 88.5 Å². The molecule has 0 saturated heterocycles. The molecule has 0 radical (unpaired) electrons. The lowest BCUT2D eigenvalue weighted by molar-refractivity contribution is -0.161. The van der Waals surface area contributed by atoms with E-state index >= 15 is 0 Å². The van der Waals surface area contributed by atoms with Gasteiger partial charge in [-0.1, -0.05) is 268 Å². The standard InChI is InChI=1S/C77H140O17P2/c1-5-9-13-17-21-25-29-33-35-39-42-46-50-54-58-62-75(80)88-68-73(94-77(82)64-60-56-52-48-44-40-36-34-30-26-22-18-14-10-6-2)70-92-96(85,86)90-66-71(78)65-89-95(83,84)91-69-72(93-76(81)63-59-55-51-47-43-38-32-28-24-20-16-12-8-4)67-87-74(79)61-57-53-49-45-41-37-31-27-23-19-15-11-7-3/h21-22,25-26,28,32-36,71-73,78H,5-20,23-24,27,29-31,37-70H2,1-4H3,(H,83,84)(H,85,86)/b25-21-,26-22-,32-28-,35-33-,36-34-/t71-,72+,73+/m0/s1. The Morgan fingerprint density at radius 3 is 0.812 bits per heavy atom. The highest BCUT2D eigenvalue weighted by Crippen LogP contribution is 2.45. The number of esters is 4. The van der Waals surface area contributed by atoms with Crippen LogP contribution in [0.4, 0.5) is 0 Å². The number of carbonyl (C=O) groups is 4. The first-order valence-electron chi connectivity index (χ1n) is 38.5. The monoisotopic (exact) mass is 1400 g/mol. The van der Waals surface area contributed by atoms with Crippen LogP contribution in [0.5, 0.6) is 0 Å². The molecule has 17 nitrogen and oxygen atoms in total. The molecule has 0 aliphatic carbocycles. The van der Waals surface area contributed by atoms with E-state index in [1.165, 1.54) is 122 Å². The van der Waals surface area contributed by atoms with Crippen molar-refractivity contribution in [3.05, 3.63) is 60.8 Å². The Balaban J connectivity index is 5.34. The largest absolute Gasteiger partial charge is 0.472 e. The average Bonchev–Trinajstić information content (AvgIpc) is 1.36.